The van der Waals surface area contributed by atoms with Crippen LogP contribution in [0.4, 0.5) is 0 Å². The number of rotatable bonds is 20. The molecule has 0 aromatic carbocycles. The Bertz CT molecular complexity index is 2370. The second-order valence-electron chi connectivity index (χ2n) is 19.1. The van der Waals surface area contributed by atoms with Crippen molar-refractivity contribution in [2.45, 2.75) is 133 Å². The van der Waals surface area contributed by atoms with Gasteiger partial charge in [0.25, 0.3) is 0 Å². The van der Waals surface area contributed by atoms with Gasteiger partial charge in [-0.15, -0.1) is 0 Å². The van der Waals surface area contributed by atoms with Gasteiger partial charge in [0.15, 0.2) is 0 Å². The summed E-state index contributed by atoms with van der Waals surface area (Å²) in [6.07, 6.45) is 23.3. The molecule has 5 heterocycles. The number of nitrogens with one attached hydrogen (secondary N) is 1. The first-order valence-electron chi connectivity index (χ1n) is 23.6. The summed E-state index contributed by atoms with van der Waals surface area (Å²) in [5.41, 5.74) is 11.6. The summed E-state index contributed by atoms with van der Waals surface area (Å²) in [5, 5.41) is 31.5. The van der Waals surface area contributed by atoms with Gasteiger partial charge in [-0.1, -0.05) is 116 Å². The maximum atomic E-state index is 14.3. The van der Waals surface area contributed by atoms with Crippen molar-refractivity contribution in [1.82, 2.24) is 5.32 Å². The zero-order valence-electron chi connectivity index (χ0n) is 40.8. The maximum absolute atomic E-state index is 14.3. The van der Waals surface area contributed by atoms with E-state index in [0.717, 1.165) is 69.8 Å². The van der Waals surface area contributed by atoms with Crippen molar-refractivity contribution >= 4 is 46.2 Å². The number of allylic oxidation sites excluding steroid dienone is 13. The second kappa shape index (κ2) is 22.7. The molecular weight excluding hydrogens is 821 g/mol. The monoisotopic (exact) mass is 891 g/mol. The van der Waals surface area contributed by atoms with Crippen LogP contribution in [-0.4, -0.2) is 59.9 Å². The van der Waals surface area contributed by atoms with Crippen LogP contribution in [0.15, 0.2) is 155 Å². The molecular formula is C55H70MgN4O5. The van der Waals surface area contributed by atoms with E-state index in [2.05, 4.69) is 60.0 Å². The minimum Gasteiger partial charge on any atom is -0.872 e. The third-order valence-corrected chi connectivity index (χ3v) is 13.9. The van der Waals surface area contributed by atoms with Crippen LogP contribution in [0.5, 0.6) is 0 Å². The van der Waals surface area contributed by atoms with Crippen LogP contribution in [0.1, 0.15) is 133 Å². The Morgan fingerprint density at radius 1 is 0.831 bits per heavy atom. The number of esters is 1. The molecule has 0 spiro atoms. The van der Waals surface area contributed by atoms with Crippen LogP contribution in [0, 0.1) is 29.6 Å². The van der Waals surface area contributed by atoms with Crippen molar-refractivity contribution in [1.29, 1.82) is 0 Å². The summed E-state index contributed by atoms with van der Waals surface area (Å²) in [6, 6.07) is 0. The predicted molar refractivity (Wildman–Crippen MR) is 263 cm³/mol. The SMILES string of the molecule is C=CC1=C(C)C2=NC1=CC1=C(C)C3=C([O-])C(=C([O-])OC)C(=C4NC(=CC5=NC(=C2)C(C=C)=C5C)[C@@H](C)[C@@H]4CCC(=O)OC/C=C(\C)CCC[C@H](C)CCC[C@H](C)CCCC(C)C)C3=N1.[Mg+2]. The molecule has 5 aliphatic heterocycles. The quantitative estimate of drug-likeness (QED) is 0.0561. The largest absolute Gasteiger partial charge is 2.00 e. The van der Waals surface area contributed by atoms with E-state index in [9.17, 15) is 15.0 Å². The summed E-state index contributed by atoms with van der Waals surface area (Å²) < 4.78 is 11.0. The third kappa shape index (κ3) is 11.5. The van der Waals surface area contributed by atoms with Gasteiger partial charge in [0.05, 0.1) is 40.2 Å². The van der Waals surface area contributed by atoms with E-state index in [4.69, 9.17) is 24.5 Å². The Hall–Kier alpha value is -4.67. The molecule has 342 valence electrons. The topological polar surface area (TPSA) is 131 Å². The van der Waals surface area contributed by atoms with Gasteiger partial charge in [0, 0.05) is 51.9 Å². The maximum Gasteiger partial charge on any atom is 2.00 e. The van der Waals surface area contributed by atoms with Crippen molar-refractivity contribution in [3.63, 3.8) is 0 Å². The summed E-state index contributed by atoms with van der Waals surface area (Å²) >= 11 is 0. The summed E-state index contributed by atoms with van der Waals surface area (Å²) in [5.74, 6) is 0.395. The zero-order chi connectivity index (χ0) is 46.4. The first-order valence-corrected chi connectivity index (χ1v) is 23.6. The molecule has 1 saturated heterocycles. The van der Waals surface area contributed by atoms with Crippen molar-refractivity contribution in [3.05, 3.63) is 140 Å². The molecule has 9 nitrogen and oxygen atoms in total. The van der Waals surface area contributed by atoms with Crippen LogP contribution >= 0.6 is 0 Å². The Balaban J connectivity index is 0.00000793. The Kier molecular flexibility index (Phi) is 17.9. The third-order valence-electron chi connectivity index (χ3n) is 13.9. The van der Waals surface area contributed by atoms with E-state index in [-0.39, 0.29) is 59.5 Å². The number of nitrogens with zero attached hydrogens (tertiary/aromatic N) is 3. The van der Waals surface area contributed by atoms with Gasteiger partial charge in [-0.3, -0.25) is 4.79 Å². The van der Waals surface area contributed by atoms with Crippen molar-refractivity contribution in [3.8, 4) is 0 Å². The first-order chi connectivity index (χ1) is 30.6. The van der Waals surface area contributed by atoms with Crippen LogP contribution in [0.2, 0.25) is 0 Å². The molecule has 1 N–H and O–H groups in total. The predicted octanol–water partition coefficient (Wildman–Crippen LogP) is 10.6. The summed E-state index contributed by atoms with van der Waals surface area (Å²) in [4.78, 5) is 28.5. The summed E-state index contributed by atoms with van der Waals surface area (Å²) in [6.45, 7) is 27.9. The average Bonchev–Trinajstić information content (AvgIpc) is 3.99. The zero-order valence-corrected chi connectivity index (χ0v) is 42.3. The molecule has 0 amide bonds. The average molecular weight is 891 g/mol. The van der Waals surface area contributed by atoms with Crippen LogP contribution in [0.25, 0.3) is 0 Å². The minimum atomic E-state index is -0.736. The molecule has 4 atom stereocenters. The molecule has 1 fully saturated rings. The van der Waals surface area contributed by atoms with E-state index in [0.29, 0.717) is 51.9 Å². The van der Waals surface area contributed by atoms with Gasteiger partial charge in [0.1, 0.15) is 6.61 Å². The second-order valence-corrected chi connectivity index (χ2v) is 19.1. The molecule has 0 radical (unpaired) electrons. The summed E-state index contributed by atoms with van der Waals surface area (Å²) in [7, 11) is 1.28. The number of carbonyl (C=O) groups excluding carboxylic acids is 1. The Labute approximate surface area is 405 Å². The molecule has 0 saturated carbocycles. The van der Waals surface area contributed by atoms with Gasteiger partial charge in [-0.05, 0) is 118 Å². The van der Waals surface area contributed by atoms with Crippen molar-refractivity contribution < 1.29 is 24.5 Å². The van der Waals surface area contributed by atoms with E-state index >= 15 is 0 Å². The molecule has 6 aliphatic rings. The van der Waals surface area contributed by atoms with E-state index in [1.165, 1.54) is 57.6 Å². The molecule has 8 bridgehead atoms. The fourth-order valence-corrected chi connectivity index (χ4v) is 9.78. The Morgan fingerprint density at radius 3 is 2.02 bits per heavy atom. The van der Waals surface area contributed by atoms with Gasteiger partial charge in [0.2, 0.25) is 0 Å². The normalized spacial score (nSPS) is 22.0. The minimum absolute atomic E-state index is 0. The van der Waals surface area contributed by atoms with E-state index in [1.54, 1.807) is 6.08 Å². The molecule has 10 heteroatoms. The van der Waals surface area contributed by atoms with Crippen LogP contribution in [0.3, 0.4) is 0 Å². The van der Waals surface area contributed by atoms with E-state index < -0.39 is 11.7 Å². The van der Waals surface area contributed by atoms with Gasteiger partial charge >= 0.3 is 29.0 Å². The van der Waals surface area contributed by atoms with Crippen LogP contribution in [-0.2, 0) is 14.3 Å². The molecule has 1 aliphatic carbocycles. The van der Waals surface area contributed by atoms with Gasteiger partial charge < -0.3 is 25.0 Å². The Morgan fingerprint density at radius 2 is 1.42 bits per heavy atom. The smallest absolute Gasteiger partial charge is 0.872 e. The van der Waals surface area contributed by atoms with Gasteiger partial charge in [-0.25, -0.2) is 15.0 Å². The number of methoxy groups -OCH3 is 1. The van der Waals surface area contributed by atoms with Crippen molar-refractivity contribution in [2.75, 3.05) is 13.7 Å². The first kappa shape index (κ1) is 51.3. The van der Waals surface area contributed by atoms with Crippen LogP contribution < -0.4 is 15.5 Å². The standard InChI is InChI=1S/C55H72N4O5.Mg/c1-13-39-35(8)42-28-44-37(10)41(24-25-48(60)64-27-26-34(7)23-17-22-33(6)21-16-20-32(5)19-15-18-31(3)4)52(58-44)50-51(55(62)63-12)54(61)49-38(11)45(59-53(49)50)30-47-40(14-2)36(9)43(57-47)29-46(39)56-42;/h13-14,26,28-33,37,41,58,61-62H,1-2,15-25,27H2,3-12H3;/q;+2/p-2/b34-26+,44-28?,46-29?,47-30?,52-50?,55-51?;/t32-,33-,37+,41+;/m1./s1. The molecule has 0 unspecified atom stereocenters. The van der Waals surface area contributed by atoms with Crippen molar-refractivity contribution in [2.24, 2.45) is 44.6 Å². The fraction of sp³-hybridized carbons (Fsp3) is 0.491. The van der Waals surface area contributed by atoms with Gasteiger partial charge in [-0.2, -0.15) is 0 Å². The molecule has 65 heavy (non-hydrogen) atoms. The van der Waals surface area contributed by atoms with E-state index in [1.807, 2.05) is 51.2 Å². The number of ether oxygens (including phenoxy) is 2. The molecule has 6 rings (SSSR count). The number of carbonyl (C=O) groups is 1. The number of hydrogen-bond donors (Lipinski definition) is 1. The number of aliphatic imine (C=N–C) groups is 3. The number of fused-ring (bicyclic) bond motifs is 5. The molecule has 0 aromatic rings. The fourth-order valence-electron chi connectivity index (χ4n) is 9.78. The molecule has 0 aromatic heterocycles. The number of hydrogen-bond acceptors (Lipinski definition) is 9.